The highest BCUT2D eigenvalue weighted by atomic mass is 32.2. The minimum absolute atomic E-state index is 0.311. The molecule has 1 N–H and O–H groups in total. The Hall–Kier alpha value is -1.38. The first-order chi connectivity index (χ1) is 8.99. The lowest BCUT2D eigenvalue weighted by atomic mass is 10.3. The summed E-state index contributed by atoms with van der Waals surface area (Å²) in [5, 5.41) is 0. The van der Waals surface area contributed by atoms with Gasteiger partial charge in [-0.05, 0) is 12.1 Å². The molecule has 0 amide bonds. The monoisotopic (exact) mass is 286 g/mol. The number of hydrogen-bond acceptors (Lipinski definition) is 5. The molecule has 0 saturated carbocycles. The third-order valence-corrected chi connectivity index (χ3v) is 4.27. The van der Waals surface area contributed by atoms with Crippen molar-refractivity contribution in [3.8, 4) is 0 Å². The van der Waals surface area contributed by atoms with Gasteiger partial charge in [-0.3, -0.25) is 4.72 Å². The highest BCUT2D eigenvalue weighted by molar-refractivity contribution is 7.90. The van der Waals surface area contributed by atoms with Crippen LogP contribution in [0.3, 0.4) is 0 Å². The highest BCUT2D eigenvalue weighted by Gasteiger charge is 2.15. The van der Waals surface area contributed by atoms with Crippen LogP contribution < -0.4 is 9.62 Å². The summed E-state index contributed by atoms with van der Waals surface area (Å²) in [4.78, 5) is 6.28. The van der Waals surface area contributed by atoms with Crippen LogP contribution in [0.1, 0.15) is 0 Å². The summed E-state index contributed by atoms with van der Waals surface area (Å²) in [5.74, 6) is 0.311. The molecule has 0 aromatic carbocycles. The number of morpholine rings is 1. The number of nitrogens with one attached hydrogen (secondary N) is 1. The second kappa shape index (κ2) is 5.72. The number of ether oxygens (including phenoxy) is 1. The Kier molecular flexibility index (Phi) is 4.23. The maximum Gasteiger partial charge on any atom is 0.302 e. The van der Waals surface area contributed by atoms with Crippen LogP contribution in [0.25, 0.3) is 0 Å². The van der Waals surface area contributed by atoms with E-state index in [9.17, 15) is 8.42 Å². The van der Waals surface area contributed by atoms with Gasteiger partial charge < -0.3 is 9.64 Å². The van der Waals surface area contributed by atoms with E-state index in [0.29, 0.717) is 19.0 Å². The predicted octanol–water partition coefficient (Wildman–Crippen LogP) is 0.136. The van der Waals surface area contributed by atoms with Gasteiger partial charge in [-0.1, -0.05) is 0 Å². The van der Waals surface area contributed by atoms with Crippen molar-refractivity contribution < 1.29 is 13.2 Å². The molecular formula is C11H18N4O3S. The van der Waals surface area contributed by atoms with Crippen LogP contribution in [0, 0.1) is 0 Å². The topological polar surface area (TPSA) is 74.8 Å². The molecular weight excluding hydrogens is 268 g/mol. The quantitative estimate of drug-likeness (QED) is 0.852. The van der Waals surface area contributed by atoms with Gasteiger partial charge in [0.2, 0.25) is 0 Å². The van der Waals surface area contributed by atoms with Crippen LogP contribution in [-0.4, -0.2) is 58.1 Å². The first-order valence-electron chi connectivity index (χ1n) is 5.98. The number of nitrogens with zero attached hydrogens (tertiary/aromatic N) is 3. The molecule has 0 radical (unpaired) electrons. The van der Waals surface area contributed by atoms with Gasteiger partial charge in [-0.25, -0.2) is 4.98 Å². The predicted molar refractivity (Wildman–Crippen MR) is 73.5 cm³/mol. The Bertz CT molecular complexity index is 509. The van der Waals surface area contributed by atoms with Gasteiger partial charge in [0.1, 0.15) is 5.82 Å². The summed E-state index contributed by atoms with van der Waals surface area (Å²) in [5.41, 5.74) is 0.969. The third-order valence-electron chi connectivity index (χ3n) is 2.84. The minimum Gasteiger partial charge on any atom is -0.378 e. The van der Waals surface area contributed by atoms with Crippen LogP contribution >= 0.6 is 0 Å². The highest BCUT2D eigenvalue weighted by Crippen LogP contribution is 2.17. The average molecular weight is 286 g/mol. The molecule has 1 aliphatic rings. The van der Waals surface area contributed by atoms with Crippen molar-refractivity contribution in [3.63, 3.8) is 0 Å². The normalized spacial score (nSPS) is 16.7. The Morgan fingerprint density at radius 1 is 1.32 bits per heavy atom. The summed E-state index contributed by atoms with van der Waals surface area (Å²) in [6.07, 6.45) is 1.67. The van der Waals surface area contributed by atoms with Crippen molar-refractivity contribution in [3.05, 3.63) is 18.3 Å². The molecule has 0 aliphatic carbocycles. The van der Waals surface area contributed by atoms with Crippen LogP contribution in [0.2, 0.25) is 0 Å². The van der Waals surface area contributed by atoms with E-state index >= 15 is 0 Å². The van der Waals surface area contributed by atoms with Gasteiger partial charge in [0, 0.05) is 27.2 Å². The summed E-state index contributed by atoms with van der Waals surface area (Å²) in [6, 6.07) is 3.51. The lowest BCUT2D eigenvalue weighted by molar-refractivity contribution is 0.122. The first kappa shape index (κ1) is 14.0. The molecule has 1 fully saturated rings. The van der Waals surface area contributed by atoms with E-state index in [2.05, 4.69) is 14.6 Å². The number of rotatable bonds is 4. The molecule has 1 aromatic rings. The fourth-order valence-electron chi connectivity index (χ4n) is 1.68. The van der Waals surface area contributed by atoms with Crippen molar-refractivity contribution in [2.45, 2.75) is 0 Å². The molecule has 106 valence electrons. The lowest BCUT2D eigenvalue weighted by Gasteiger charge is -2.28. The van der Waals surface area contributed by atoms with Crippen LogP contribution in [0.5, 0.6) is 0 Å². The summed E-state index contributed by atoms with van der Waals surface area (Å²) >= 11 is 0. The fourth-order valence-corrected chi connectivity index (χ4v) is 2.25. The number of pyridine rings is 1. The zero-order chi connectivity index (χ0) is 13.9. The zero-order valence-corrected chi connectivity index (χ0v) is 11.9. The van der Waals surface area contributed by atoms with E-state index < -0.39 is 10.2 Å². The minimum atomic E-state index is -3.50. The molecule has 0 spiro atoms. The summed E-state index contributed by atoms with van der Waals surface area (Å²) < 4.78 is 32.0. The second-order valence-electron chi connectivity index (χ2n) is 4.39. The first-order valence-corrected chi connectivity index (χ1v) is 7.42. The number of hydrogen-bond donors (Lipinski definition) is 1. The zero-order valence-electron chi connectivity index (χ0n) is 11.0. The van der Waals surface area contributed by atoms with Crippen LogP contribution in [0.4, 0.5) is 11.5 Å². The molecule has 2 rings (SSSR count). The maximum absolute atomic E-state index is 11.6. The molecule has 7 nitrogen and oxygen atoms in total. The van der Waals surface area contributed by atoms with E-state index in [1.165, 1.54) is 14.1 Å². The van der Waals surface area contributed by atoms with Crippen molar-refractivity contribution in [1.29, 1.82) is 0 Å². The van der Waals surface area contributed by atoms with E-state index in [1.54, 1.807) is 12.3 Å². The van der Waals surface area contributed by atoms with E-state index in [0.717, 1.165) is 23.1 Å². The molecule has 0 unspecified atom stereocenters. The van der Waals surface area contributed by atoms with Crippen LogP contribution in [0.15, 0.2) is 18.3 Å². The summed E-state index contributed by atoms with van der Waals surface area (Å²) in [6.45, 7) is 3.05. The maximum atomic E-state index is 11.6. The average Bonchev–Trinajstić information content (AvgIpc) is 2.40. The van der Waals surface area contributed by atoms with E-state index in [-0.39, 0.29) is 0 Å². The molecule has 0 atom stereocenters. The molecule has 8 heteroatoms. The standard InChI is InChI=1S/C11H18N4O3S/c1-14(2)19(16,17)13-11-4-3-10(9-12-11)15-5-7-18-8-6-15/h3-4,9H,5-8H2,1-2H3,(H,12,13). The lowest BCUT2D eigenvalue weighted by Crippen LogP contribution is -2.36. The second-order valence-corrected chi connectivity index (χ2v) is 6.28. The van der Waals surface area contributed by atoms with Crippen molar-refractivity contribution >= 4 is 21.7 Å². The van der Waals surface area contributed by atoms with Gasteiger partial charge in [0.15, 0.2) is 0 Å². The smallest absolute Gasteiger partial charge is 0.302 e. The Balaban J connectivity index is 2.06. The van der Waals surface area contributed by atoms with Gasteiger partial charge in [-0.2, -0.15) is 12.7 Å². The number of anilines is 2. The van der Waals surface area contributed by atoms with Crippen molar-refractivity contribution in [2.75, 3.05) is 50.0 Å². The Labute approximate surface area is 113 Å². The van der Waals surface area contributed by atoms with Gasteiger partial charge in [-0.15, -0.1) is 0 Å². The largest absolute Gasteiger partial charge is 0.378 e. The van der Waals surface area contributed by atoms with E-state index in [4.69, 9.17) is 4.74 Å². The van der Waals surface area contributed by atoms with Gasteiger partial charge in [0.25, 0.3) is 0 Å². The van der Waals surface area contributed by atoms with E-state index in [1.807, 2.05) is 6.07 Å². The summed E-state index contributed by atoms with van der Waals surface area (Å²) in [7, 11) is -0.576. The van der Waals surface area contributed by atoms with Crippen molar-refractivity contribution in [2.24, 2.45) is 0 Å². The molecule has 1 aliphatic heterocycles. The molecule has 19 heavy (non-hydrogen) atoms. The van der Waals surface area contributed by atoms with Gasteiger partial charge in [0.05, 0.1) is 25.1 Å². The SMILES string of the molecule is CN(C)S(=O)(=O)Nc1ccc(N2CCOCC2)cn1. The molecule has 1 aromatic heterocycles. The molecule has 2 heterocycles. The fraction of sp³-hybridized carbons (Fsp3) is 0.545. The van der Waals surface area contributed by atoms with Crippen LogP contribution in [-0.2, 0) is 14.9 Å². The Morgan fingerprint density at radius 2 is 2.00 bits per heavy atom. The van der Waals surface area contributed by atoms with Gasteiger partial charge >= 0.3 is 10.2 Å². The number of aromatic nitrogens is 1. The third kappa shape index (κ3) is 3.55. The Morgan fingerprint density at radius 3 is 2.53 bits per heavy atom. The van der Waals surface area contributed by atoms with Crippen molar-refractivity contribution in [1.82, 2.24) is 9.29 Å². The molecule has 0 bridgehead atoms. The molecule has 1 saturated heterocycles.